The number of rotatable bonds is 6. The highest BCUT2D eigenvalue weighted by molar-refractivity contribution is 6.03. The van der Waals surface area contributed by atoms with Gasteiger partial charge in [0.25, 0.3) is 5.91 Å². The Labute approximate surface area is 148 Å². The van der Waals surface area contributed by atoms with Crippen molar-refractivity contribution in [2.75, 3.05) is 28.6 Å². The van der Waals surface area contributed by atoms with Crippen molar-refractivity contribution >= 4 is 23.2 Å². The summed E-state index contributed by atoms with van der Waals surface area (Å²) >= 11 is 0. The van der Waals surface area contributed by atoms with E-state index >= 15 is 0 Å². The lowest BCUT2D eigenvalue weighted by Gasteiger charge is -2.17. The third kappa shape index (κ3) is 4.47. The fourth-order valence-electron chi connectivity index (χ4n) is 2.78. The molecule has 1 aliphatic heterocycles. The van der Waals surface area contributed by atoms with Crippen LogP contribution in [0.25, 0.3) is 0 Å². The SMILES string of the molecule is CCC(C)Nc1ncc(C(=O)Nc2ccc(N3CCCC3)cc2)cn1. The van der Waals surface area contributed by atoms with E-state index in [4.69, 9.17) is 0 Å². The summed E-state index contributed by atoms with van der Waals surface area (Å²) in [6.45, 7) is 6.38. The van der Waals surface area contributed by atoms with E-state index in [1.54, 1.807) is 12.4 Å². The molecule has 1 amide bonds. The van der Waals surface area contributed by atoms with Crippen molar-refractivity contribution in [3.05, 3.63) is 42.2 Å². The summed E-state index contributed by atoms with van der Waals surface area (Å²) in [5, 5.41) is 6.07. The molecule has 6 heteroatoms. The van der Waals surface area contributed by atoms with Gasteiger partial charge in [-0.2, -0.15) is 0 Å². The van der Waals surface area contributed by atoms with Crippen LogP contribution in [0.1, 0.15) is 43.5 Å². The molecule has 0 radical (unpaired) electrons. The summed E-state index contributed by atoms with van der Waals surface area (Å²) in [5.41, 5.74) is 2.42. The quantitative estimate of drug-likeness (QED) is 0.842. The van der Waals surface area contributed by atoms with Gasteiger partial charge in [0.2, 0.25) is 5.95 Å². The molecule has 1 aliphatic rings. The van der Waals surface area contributed by atoms with Crippen LogP contribution in [0.4, 0.5) is 17.3 Å². The molecule has 2 aromatic rings. The number of amides is 1. The van der Waals surface area contributed by atoms with Crippen molar-refractivity contribution in [2.24, 2.45) is 0 Å². The number of carbonyl (C=O) groups is 1. The van der Waals surface area contributed by atoms with Crippen LogP contribution in [0.5, 0.6) is 0 Å². The molecule has 1 saturated heterocycles. The third-order valence-electron chi connectivity index (χ3n) is 4.50. The molecule has 0 bridgehead atoms. The minimum absolute atomic E-state index is 0.205. The van der Waals surface area contributed by atoms with Gasteiger partial charge in [-0.05, 0) is 50.5 Å². The Morgan fingerprint density at radius 1 is 1.16 bits per heavy atom. The molecule has 2 heterocycles. The number of carbonyl (C=O) groups excluding carboxylic acids is 1. The minimum Gasteiger partial charge on any atom is -0.372 e. The number of hydrogen-bond donors (Lipinski definition) is 2. The number of nitrogens with zero attached hydrogens (tertiary/aromatic N) is 3. The van der Waals surface area contributed by atoms with E-state index < -0.39 is 0 Å². The van der Waals surface area contributed by atoms with Gasteiger partial charge in [-0.25, -0.2) is 9.97 Å². The normalized spacial score (nSPS) is 15.0. The lowest BCUT2D eigenvalue weighted by atomic mass is 10.2. The Balaban J connectivity index is 1.59. The average molecular weight is 339 g/mol. The highest BCUT2D eigenvalue weighted by atomic mass is 16.1. The van der Waals surface area contributed by atoms with Crippen LogP contribution >= 0.6 is 0 Å². The Kier molecular flexibility index (Phi) is 5.48. The Morgan fingerprint density at radius 2 is 1.80 bits per heavy atom. The van der Waals surface area contributed by atoms with Crippen LogP contribution in [0.2, 0.25) is 0 Å². The van der Waals surface area contributed by atoms with Crippen LogP contribution in [0.15, 0.2) is 36.7 Å². The van der Waals surface area contributed by atoms with E-state index in [1.807, 2.05) is 12.1 Å². The van der Waals surface area contributed by atoms with Crippen molar-refractivity contribution in [1.29, 1.82) is 0 Å². The van der Waals surface area contributed by atoms with Gasteiger partial charge in [0.05, 0.1) is 5.56 Å². The lowest BCUT2D eigenvalue weighted by Crippen LogP contribution is -2.18. The van der Waals surface area contributed by atoms with Gasteiger partial charge in [0.15, 0.2) is 0 Å². The van der Waals surface area contributed by atoms with Crippen molar-refractivity contribution in [1.82, 2.24) is 9.97 Å². The van der Waals surface area contributed by atoms with E-state index in [0.29, 0.717) is 17.6 Å². The monoisotopic (exact) mass is 339 g/mol. The zero-order chi connectivity index (χ0) is 17.6. The summed E-state index contributed by atoms with van der Waals surface area (Å²) in [4.78, 5) is 23.1. The average Bonchev–Trinajstić information content (AvgIpc) is 3.17. The van der Waals surface area contributed by atoms with Gasteiger partial charge in [0.1, 0.15) is 0 Å². The first-order valence-corrected chi connectivity index (χ1v) is 8.90. The molecule has 6 nitrogen and oxygen atoms in total. The van der Waals surface area contributed by atoms with Crippen LogP contribution in [-0.4, -0.2) is 35.0 Å². The van der Waals surface area contributed by atoms with Crippen LogP contribution in [0.3, 0.4) is 0 Å². The van der Waals surface area contributed by atoms with Crippen LogP contribution in [-0.2, 0) is 0 Å². The predicted octanol–water partition coefficient (Wildman–Crippen LogP) is 3.54. The smallest absolute Gasteiger partial charge is 0.258 e. The van der Waals surface area contributed by atoms with Gasteiger partial charge in [-0.15, -0.1) is 0 Å². The zero-order valence-electron chi connectivity index (χ0n) is 14.8. The molecule has 2 N–H and O–H groups in total. The number of aromatic nitrogens is 2. The molecule has 1 aromatic carbocycles. The standard InChI is InChI=1S/C19H25N5O/c1-3-14(2)22-19-20-12-15(13-21-19)18(25)23-16-6-8-17(9-7-16)24-10-4-5-11-24/h6-9,12-14H,3-5,10-11H2,1-2H3,(H,23,25)(H,20,21,22). The van der Waals surface area contributed by atoms with Crippen LogP contribution < -0.4 is 15.5 Å². The van der Waals surface area contributed by atoms with Crippen molar-refractivity contribution in [2.45, 2.75) is 39.2 Å². The lowest BCUT2D eigenvalue weighted by molar-refractivity contribution is 0.102. The van der Waals surface area contributed by atoms with E-state index in [2.05, 4.69) is 51.5 Å². The molecule has 0 saturated carbocycles. The first kappa shape index (κ1) is 17.2. The molecule has 1 atom stereocenters. The topological polar surface area (TPSA) is 70.2 Å². The third-order valence-corrected chi connectivity index (χ3v) is 4.50. The van der Waals surface area contributed by atoms with Crippen molar-refractivity contribution in [3.8, 4) is 0 Å². The summed E-state index contributed by atoms with van der Waals surface area (Å²) in [6.07, 6.45) is 6.58. The molecule has 3 rings (SSSR count). The Bertz CT molecular complexity index is 693. The van der Waals surface area contributed by atoms with Gasteiger partial charge in [0, 0.05) is 42.9 Å². The number of benzene rings is 1. The maximum atomic E-state index is 12.3. The first-order valence-electron chi connectivity index (χ1n) is 8.90. The van der Waals surface area contributed by atoms with E-state index in [0.717, 1.165) is 25.2 Å². The van der Waals surface area contributed by atoms with Crippen molar-refractivity contribution in [3.63, 3.8) is 0 Å². The second-order valence-corrected chi connectivity index (χ2v) is 6.44. The predicted molar refractivity (Wildman–Crippen MR) is 101 cm³/mol. The molecule has 25 heavy (non-hydrogen) atoms. The van der Waals surface area contributed by atoms with Gasteiger partial charge < -0.3 is 15.5 Å². The van der Waals surface area contributed by atoms with Gasteiger partial charge in [-0.3, -0.25) is 4.79 Å². The zero-order valence-corrected chi connectivity index (χ0v) is 14.8. The largest absolute Gasteiger partial charge is 0.372 e. The fourth-order valence-corrected chi connectivity index (χ4v) is 2.78. The fraction of sp³-hybridized carbons (Fsp3) is 0.421. The Hall–Kier alpha value is -2.63. The second kappa shape index (κ2) is 7.96. The number of hydrogen-bond acceptors (Lipinski definition) is 5. The highest BCUT2D eigenvalue weighted by Gasteiger charge is 2.13. The molecule has 1 aromatic heterocycles. The summed E-state index contributed by atoms with van der Waals surface area (Å²) < 4.78 is 0. The maximum Gasteiger partial charge on any atom is 0.258 e. The second-order valence-electron chi connectivity index (χ2n) is 6.44. The molecular formula is C19H25N5O. The van der Waals surface area contributed by atoms with Gasteiger partial charge in [-0.1, -0.05) is 6.92 Å². The van der Waals surface area contributed by atoms with E-state index in [9.17, 15) is 4.79 Å². The van der Waals surface area contributed by atoms with E-state index in [1.165, 1.54) is 18.5 Å². The molecule has 1 fully saturated rings. The van der Waals surface area contributed by atoms with Crippen LogP contribution in [0, 0.1) is 0 Å². The minimum atomic E-state index is -0.205. The molecule has 0 aliphatic carbocycles. The van der Waals surface area contributed by atoms with Crippen molar-refractivity contribution < 1.29 is 4.79 Å². The summed E-state index contributed by atoms with van der Waals surface area (Å²) in [5.74, 6) is 0.338. The number of anilines is 3. The Morgan fingerprint density at radius 3 is 2.40 bits per heavy atom. The molecule has 132 valence electrons. The first-order chi connectivity index (χ1) is 12.2. The summed E-state index contributed by atoms with van der Waals surface area (Å²) in [7, 11) is 0. The summed E-state index contributed by atoms with van der Waals surface area (Å²) in [6, 6.07) is 8.28. The highest BCUT2D eigenvalue weighted by Crippen LogP contribution is 2.22. The van der Waals surface area contributed by atoms with E-state index in [-0.39, 0.29) is 5.91 Å². The molecular weight excluding hydrogens is 314 g/mol. The maximum absolute atomic E-state index is 12.3. The molecule has 1 unspecified atom stereocenters. The number of nitrogens with one attached hydrogen (secondary N) is 2. The van der Waals surface area contributed by atoms with Gasteiger partial charge >= 0.3 is 0 Å². The molecule has 0 spiro atoms.